The molecule has 2 N–H and O–H groups in total. The predicted octanol–water partition coefficient (Wildman–Crippen LogP) is 1.58. The molecule has 2 aliphatic heterocycles. The normalized spacial score (nSPS) is 23.2. The van der Waals surface area contributed by atoms with E-state index in [2.05, 4.69) is 46.1 Å². The molecule has 0 spiro atoms. The molecule has 1 amide bonds. The summed E-state index contributed by atoms with van der Waals surface area (Å²) >= 11 is 0. The van der Waals surface area contributed by atoms with Crippen LogP contribution in [-0.4, -0.2) is 103 Å². The van der Waals surface area contributed by atoms with Crippen LogP contribution in [0.4, 0.5) is 4.79 Å². The Bertz CT molecular complexity index is 540. The molecule has 2 fully saturated rings. The number of hydrogen-bond acceptors (Lipinski definition) is 5. The highest BCUT2D eigenvalue weighted by Gasteiger charge is 2.28. The van der Waals surface area contributed by atoms with Crippen LogP contribution >= 0.6 is 0 Å². The molecule has 0 aromatic heterocycles. The second-order valence-corrected chi connectivity index (χ2v) is 9.09. The zero-order valence-electron chi connectivity index (χ0n) is 19.3. The number of aliphatic imine (C=N–C) groups is 1. The number of piperazine rings is 1. The van der Waals surface area contributed by atoms with Gasteiger partial charge in [0.1, 0.15) is 5.60 Å². The molecular weight excluding hydrogens is 368 g/mol. The Labute approximate surface area is 177 Å². The lowest BCUT2D eigenvalue weighted by molar-refractivity contribution is 0.0507. The second kappa shape index (κ2) is 11.0. The summed E-state index contributed by atoms with van der Waals surface area (Å²) in [6.45, 7) is 21.2. The van der Waals surface area contributed by atoms with Gasteiger partial charge in [0.2, 0.25) is 0 Å². The van der Waals surface area contributed by atoms with Crippen LogP contribution in [0.2, 0.25) is 0 Å². The van der Waals surface area contributed by atoms with Gasteiger partial charge in [-0.05, 0) is 47.6 Å². The number of likely N-dealkylation sites (tertiary alicyclic amines) is 1. The van der Waals surface area contributed by atoms with E-state index in [1.165, 1.54) is 0 Å². The average molecular weight is 411 g/mol. The van der Waals surface area contributed by atoms with Gasteiger partial charge >= 0.3 is 6.09 Å². The number of nitrogens with one attached hydrogen (secondary N) is 2. The number of guanidine groups is 1. The fourth-order valence-electron chi connectivity index (χ4n) is 3.82. The standard InChI is InChI=1S/C21H42N6O2/c1-7-22-19(23-15-17(3)26-13-11-25(8-2)12-14-26)27-10-9-18(16-27)24-20(28)29-21(4,5)6/h17-18H,7-16H2,1-6H3,(H,22,23)(H,24,28). The first-order valence-electron chi connectivity index (χ1n) is 11.2. The van der Waals surface area contributed by atoms with Crippen LogP contribution in [0.25, 0.3) is 0 Å². The largest absolute Gasteiger partial charge is 0.444 e. The smallest absolute Gasteiger partial charge is 0.407 e. The van der Waals surface area contributed by atoms with Crippen LogP contribution in [0.15, 0.2) is 4.99 Å². The van der Waals surface area contributed by atoms with Crippen molar-refractivity contribution in [1.82, 2.24) is 25.3 Å². The zero-order valence-corrected chi connectivity index (χ0v) is 19.3. The van der Waals surface area contributed by atoms with E-state index in [-0.39, 0.29) is 12.1 Å². The fraction of sp³-hybridized carbons (Fsp3) is 0.905. The van der Waals surface area contributed by atoms with Crippen LogP contribution < -0.4 is 10.6 Å². The lowest BCUT2D eigenvalue weighted by Crippen LogP contribution is -2.50. The average Bonchev–Trinajstić information content (AvgIpc) is 3.11. The zero-order chi connectivity index (χ0) is 21.4. The van der Waals surface area contributed by atoms with Crippen LogP contribution in [0.1, 0.15) is 48.0 Å². The van der Waals surface area contributed by atoms with E-state index >= 15 is 0 Å². The maximum Gasteiger partial charge on any atom is 0.407 e. The van der Waals surface area contributed by atoms with Crippen LogP contribution in [0, 0.1) is 0 Å². The predicted molar refractivity (Wildman–Crippen MR) is 118 cm³/mol. The molecule has 0 aliphatic carbocycles. The highest BCUT2D eigenvalue weighted by atomic mass is 16.6. The fourth-order valence-corrected chi connectivity index (χ4v) is 3.82. The Morgan fingerprint density at radius 3 is 2.45 bits per heavy atom. The third-order valence-corrected chi connectivity index (χ3v) is 5.53. The molecule has 2 heterocycles. The van der Waals surface area contributed by atoms with Crippen molar-refractivity contribution >= 4 is 12.1 Å². The minimum Gasteiger partial charge on any atom is -0.444 e. The monoisotopic (exact) mass is 410 g/mol. The molecule has 2 unspecified atom stereocenters. The summed E-state index contributed by atoms with van der Waals surface area (Å²) in [5, 5.41) is 6.41. The van der Waals surface area contributed by atoms with Crippen molar-refractivity contribution in [3.05, 3.63) is 0 Å². The first-order chi connectivity index (χ1) is 13.7. The summed E-state index contributed by atoms with van der Waals surface area (Å²) in [6.07, 6.45) is 0.559. The minimum atomic E-state index is -0.475. The van der Waals surface area contributed by atoms with Gasteiger partial charge in [0.25, 0.3) is 0 Å². The molecule has 0 saturated carbocycles. The van der Waals surface area contributed by atoms with E-state index in [0.717, 1.165) is 71.3 Å². The molecule has 168 valence electrons. The van der Waals surface area contributed by atoms with Crippen molar-refractivity contribution in [2.24, 2.45) is 4.99 Å². The summed E-state index contributed by atoms with van der Waals surface area (Å²) < 4.78 is 5.38. The van der Waals surface area contributed by atoms with Crippen molar-refractivity contribution < 1.29 is 9.53 Å². The summed E-state index contributed by atoms with van der Waals surface area (Å²) in [5.74, 6) is 0.944. The van der Waals surface area contributed by atoms with Gasteiger partial charge in [0, 0.05) is 51.9 Å². The molecule has 0 radical (unpaired) electrons. The number of nitrogens with zero attached hydrogens (tertiary/aromatic N) is 4. The highest BCUT2D eigenvalue weighted by Crippen LogP contribution is 2.13. The second-order valence-electron chi connectivity index (χ2n) is 9.09. The Morgan fingerprint density at radius 2 is 1.86 bits per heavy atom. The molecular formula is C21H42N6O2. The van der Waals surface area contributed by atoms with Crippen molar-refractivity contribution in [2.45, 2.75) is 65.6 Å². The lowest BCUT2D eigenvalue weighted by atomic mass is 10.2. The van der Waals surface area contributed by atoms with Gasteiger partial charge in [-0.25, -0.2) is 4.79 Å². The quantitative estimate of drug-likeness (QED) is 0.512. The lowest BCUT2D eigenvalue weighted by Gasteiger charge is -2.37. The Morgan fingerprint density at radius 1 is 1.17 bits per heavy atom. The number of carbonyl (C=O) groups is 1. The topological polar surface area (TPSA) is 72.4 Å². The first-order valence-corrected chi connectivity index (χ1v) is 11.2. The molecule has 0 aromatic rings. The molecule has 2 aliphatic rings. The number of carbonyl (C=O) groups excluding carboxylic acids is 1. The molecule has 0 aromatic carbocycles. The molecule has 2 rings (SSSR count). The third-order valence-electron chi connectivity index (χ3n) is 5.53. The summed E-state index contributed by atoms with van der Waals surface area (Å²) in [7, 11) is 0. The maximum absolute atomic E-state index is 12.0. The molecule has 29 heavy (non-hydrogen) atoms. The van der Waals surface area contributed by atoms with Gasteiger partial charge in [-0.1, -0.05) is 6.92 Å². The van der Waals surface area contributed by atoms with E-state index in [0.29, 0.717) is 6.04 Å². The Hall–Kier alpha value is -1.54. The summed E-state index contributed by atoms with van der Waals surface area (Å²) in [4.78, 5) is 24.2. The number of likely N-dealkylation sites (N-methyl/N-ethyl adjacent to an activating group) is 1. The number of amides is 1. The van der Waals surface area contributed by atoms with Crippen molar-refractivity contribution in [3.8, 4) is 0 Å². The number of rotatable bonds is 6. The molecule has 0 bridgehead atoms. The van der Waals surface area contributed by atoms with Crippen molar-refractivity contribution in [3.63, 3.8) is 0 Å². The Balaban J connectivity index is 1.84. The van der Waals surface area contributed by atoms with Gasteiger partial charge < -0.3 is 25.2 Å². The molecule has 8 heteroatoms. The summed E-state index contributed by atoms with van der Waals surface area (Å²) in [6, 6.07) is 0.522. The maximum atomic E-state index is 12.0. The number of alkyl carbamates (subject to hydrolysis) is 1. The van der Waals surface area contributed by atoms with Crippen LogP contribution in [-0.2, 0) is 4.74 Å². The SMILES string of the molecule is CCNC(=NCC(C)N1CCN(CC)CC1)N1CCC(NC(=O)OC(C)(C)C)C1. The van der Waals surface area contributed by atoms with E-state index < -0.39 is 5.60 Å². The number of hydrogen-bond donors (Lipinski definition) is 2. The van der Waals surface area contributed by atoms with Gasteiger partial charge in [-0.2, -0.15) is 0 Å². The van der Waals surface area contributed by atoms with E-state index in [1.807, 2.05) is 20.8 Å². The van der Waals surface area contributed by atoms with E-state index in [4.69, 9.17) is 9.73 Å². The molecule has 2 saturated heterocycles. The number of ether oxygens (including phenoxy) is 1. The van der Waals surface area contributed by atoms with Gasteiger partial charge in [-0.3, -0.25) is 9.89 Å². The third kappa shape index (κ3) is 8.01. The minimum absolute atomic E-state index is 0.0910. The van der Waals surface area contributed by atoms with Crippen molar-refractivity contribution in [1.29, 1.82) is 0 Å². The van der Waals surface area contributed by atoms with Crippen LogP contribution in [0.5, 0.6) is 0 Å². The Kier molecular flexibility index (Phi) is 9.02. The first kappa shape index (κ1) is 23.7. The van der Waals surface area contributed by atoms with Crippen molar-refractivity contribution in [2.75, 3.05) is 58.9 Å². The van der Waals surface area contributed by atoms with E-state index in [1.54, 1.807) is 0 Å². The van der Waals surface area contributed by atoms with E-state index in [9.17, 15) is 4.79 Å². The van der Waals surface area contributed by atoms with Gasteiger partial charge in [-0.15, -0.1) is 0 Å². The highest BCUT2D eigenvalue weighted by molar-refractivity contribution is 5.80. The van der Waals surface area contributed by atoms with Gasteiger partial charge in [0.15, 0.2) is 5.96 Å². The summed E-state index contributed by atoms with van der Waals surface area (Å²) in [5.41, 5.74) is -0.475. The van der Waals surface area contributed by atoms with Crippen LogP contribution in [0.3, 0.4) is 0 Å². The molecule has 2 atom stereocenters. The molecule has 8 nitrogen and oxygen atoms in total. The van der Waals surface area contributed by atoms with Gasteiger partial charge in [0.05, 0.1) is 12.6 Å².